The van der Waals surface area contributed by atoms with Gasteiger partial charge < -0.3 is 44.6 Å². The van der Waals surface area contributed by atoms with Crippen LogP contribution in [0.2, 0.25) is 0 Å². The summed E-state index contributed by atoms with van der Waals surface area (Å²) in [5.74, 6) is -6.62. The summed E-state index contributed by atoms with van der Waals surface area (Å²) in [5, 5.41) is 0. The van der Waals surface area contributed by atoms with Crippen LogP contribution in [-0.2, 0) is 64.1 Å². The first-order valence-corrected chi connectivity index (χ1v) is 16.3. The van der Waals surface area contributed by atoms with Crippen molar-refractivity contribution in [2.45, 2.75) is 25.9 Å². The van der Waals surface area contributed by atoms with E-state index in [0.29, 0.717) is 12.1 Å². The Morgan fingerprint density at radius 2 is 1.09 bits per heavy atom. The fraction of sp³-hybridized carbons (Fsp3) is 0.263. The average Bonchev–Trinajstić information content (AvgIpc) is 2.81. The van der Waals surface area contributed by atoms with Gasteiger partial charge in [0.1, 0.15) is 6.04 Å². The van der Waals surface area contributed by atoms with Gasteiger partial charge in [-0.2, -0.15) is 0 Å². The van der Waals surface area contributed by atoms with Gasteiger partial charge in [-0.15, -0.1) is 0 Å². The topological polar surface area (TPSA) is 312 Å². The zero-order valence-electron chi connectivity index (χ0n) is 24.9. The van der Waals surface area contributed by atoms with Crippen LogP contribution >= 0.6 is 0 Å². The number of amides is 1. The van der Waals surface area contributed by atoms with E-state index < -0.39 is 101 Å². The van der Waals surface area contributed by atoms with Crippen molar-refractivity contribution in [2.24, 2.45) is 0 Å². The summed E-state index contributed by atoms with van der Waals surface area (Å²) in [5.41, 5.74) is -0.676. The molecular weight excluding hydrogens is 766 g/mol. The number of fused-ring (bicyclic) bond motifs is 1. The number of esters is 1. The SMILES string of the molecule is CCOC(=O)[C@@H]1Cc2cc(OS(=O)(=O)[O-])c(OS(=O)(=O)[O-])cc2CN1C(=O)c1ccc(OS(=O)(=O)[O-])c(OS(=O)(=O)[O-])c1.[Na+].[Na+].[Na+].[Na+]. The van der Waals surface area contributed by atoms with Crippen molar-refractivity contribution in [3.8, 4) is 23.0 Å². The molecule has 1 atom stereocenters. The molecule has 0 saturated carbocycles. The Kier molecular flexibility index (Phi) is 20.1. The molecule has 1 aliphatic rings. The Labute approximate surface area is 357 Å². The predicted octanol–water partition coefficient (Wildman–Crippen LogP) is -13.8. The number of ether oxygens (including phenoxy) is 1. The zero-order chi connectivity index (χ0) is 32.5. The van der Waals surface area contributed by atoms with Crippen LogP contribution in [0.3, 0.4) is 0 Å². The van der Waals surface area contributed by atoms with E-state index in [1.807, 2.05) is 0 Å². The van der Waals surface area contributed by atoms with Crippen LogP contribution in [0.5, 0.6) is 23.0 Å². The molecule has 2 aromatic carbocycles. The maximum absolute atomic E-state index is 13.5. The molecule has 238 valence electrons. The van der Waals surface area contributed by atoms with Crippen molar-refractivity contribution in [2.75, 3.05) is 6.61 Å². The van der Waals surface area contributed by atoms with Crippen molar-refractivity contribution < 1.29 is 201 Å². The van der Waals surface area contributed by atoms with E-state index in [0.717, 1.165) is 23.1 Å². The predicted molar refractivity (Wildman–Crippen MR) is 128 cm³/mol. The second-order valence-electron chi connectivity index (χ2n) is 8.10. The number of hydrogen-bond donors (Lipinski definition) is 0. The minimum absolute atomic E-state index is 0. The molecule has 0 bridgehead atoms. The summed E-state index contributed by atoms with van der Waals surface area (Å²) < 4.78 is 155. The molecule has 0 fully saturated rings. The third kappa shape index (κ3) is 15.6. The van der Waals surface area contributed by atoms with E-state index >= 15 is 0 Å². The Hall–Kier alpha value is 0.220. The van der Waals surface area contributed by atoms with Crippen LogP contribution in [-0.4, -0.2) is 81.3 Å². The van der Waals surface area contributed by atoms with E-state index in [2.05, 4.69) is 16.7 Å². The summed E-state index contributed by atoms with van der Waals surface area (Å²) in [4.78, 5) is 27.0. The molecule has 47 heavy (non-hydrogen) atoms. The van der Waals surface area contributed by atoms with Gasteiger partial charge in [0.25, 0.3) is 47.5 Å². The van der Waals surface area contributed by atoms with Gasteiger partial charge in [-0.3, -0.25) is 4.79 Å². The molecule has 0 unspecified atom stereocenters. The molecule has 0 spiro atoms. The molecule has 0 aliphatic carbocycles. The van der Waals surface area contributed by atoms with E-state index in [4.69, 9.17) is 4.74 Å². The van der Waals surface area contributed by atoms with Gasteiger partial charge in [-0.1, -0.05) is 0 Å². The molecular formula is C19H15NNa4O19S4. The number of rotatable bonds is 11. The van der Waals surface area contributed by atoms with E-state index in [1.165, 1.54) is 6.92 Å². The molecule has 1 aliphatic heterocycles. The third-order valence-corrected chi connectivity index (χ3v) is 6.71. The van der Waals surface area contributed by atoms with Crippen molar-refractivity contribution in [3.63, 3.8) is 0 Å². The molecule has 3 rings (SSSR count). The largest absolute Gasteiger partial charge is 1.00 e. The van der Waals surface area contributed by atoms with Crippen LogP contribution in [0.4, 0.5) is 0 Å². The van der Waals surface area contributed by atoms with Gasteiger partial charge in [0.2, 0.25) is 0 Å². The number of benzene rings is 2. The third-order valence-electron chi connectivity index (χ3n) is 5.17. The summed E-state index contributed by atoms with van der Waals surface area (Å²) in [6.07, 6.45) is -0.506. The molecule has 0 saturated heterocycles. The molecule has 2 aromatic rings. The van der Waals surface area contributed by atoms with Crippen LogP contribution in [0, 0.1) is 0 Å². The van der Waals surface area contributed by atoms with Gasteiger partial charge in [0.05, 0.1) is 6.61 Å². The van der Waals surface area contributed by atoms with Crippen LogP contribution in [0.15, 0.2) is 30.3 Å². The van der Waals surface area contributed by atoms with Crippen molar-refractivity contribution >= 4 is 53.5 Å². The first-order chi connectivity index (χ1) is 19.5. The van der Waals surface area contributed by atoms with Crippen LogP contribution < -0.4 is 135 Å². The minimum Gasteiger partial charge on any atom is -0.716 e. The van der Waals surface area contributed by atoms with Crippen LogP contribution in [0.25, 0.3) is 0 Å². The summed E-state index contributed by atoms with van der Waals surface area (Å²) >= 11 is 0. The van der Waals surface area contributed by atoms with Gasteiger partial charge in [-0.05, 0) is 48.4 Å². The molecule has 1 heterocycles. The quantitative estimate of drug-likeness (QED) is 0.0884. The molecule has 0 N–H and O–H groups in total. The summed E-state index contributed by atoms with van der Waals surface area (Å²) in [6.45, 7) is 0.561. The zero-order valence-corrected chi connectivity index (χ0v) is 36.2. The van der Waals surface area contributed by atoms with Gasteiger partial charge >= 0.3 is 124 Å². The maximum atomic E-state index is 13.5. The van der Waals surface area contributed by atoms with Crippen molar-refractivity contribution in [1.29, 1.82) is 0 Å². The van der Waals surface area contributed by atoms with Crippen molar-refractivity contribution in [1.82, 2.24) is 4.90 Å². The molecule has 1 amide bonds. The average molecular weight is 782 g/mol. The summed E-state index contributed by atoms with van der Waals surface area (Å²) in [6, 6.07) is 1.81. The number of hydrogen-bond acceptors (Lipinski definition) is 19. The Balaban J connectivity index is 0. The Morgan fingerprint density at radius 3 is 1.51 bits per heavy atom. The number of carbonyl (C=O) groups excluding carboxylic acids is 2. The first kappa shape index (κ1) is 49.3. The van der Waals surface area contributed by atoms with Gasteiger partial charge in [-0.25, -0.2) is 38.5 Å². The van der Waals surface area contributed by atoms with Crippen molar-refractivity contribution in [3.05, 3.63) is 47.0 Å². The number of carbonyl (C=O) groups is 2. The molecule has 20 nitrogen and oxygen atoms in total. The van der Waals surface area contributed by atoms with Gasteiger partial charge in [0, 0.05) is 18.5 Å². The second-order valence-corrected chi connectivity index (χ2v) is 12.0. The fourth-order valence-electron chi connectivity index (χ4n) is 3.77. The monoisotopic (exact) mass is 781 g/mol. The molecule has 0 radical (unpaired) electrons. The van der Waals surface area contributed by atoms with E-state index in [1.54, 1.807) is 0 Å². The minimum atomic E-state index is -5.62. The Bertz CT molecular complexity index is 1900. The fourth-order valence-corrected chi connectivity index (χ4v) is 5.17. The second kappa shape index (κ2) is 19.2. The normalized spacial score (nSPS) is 14.3. The van der Waals surface area contributed by atoms with Gasteiger partial charge in [0.15, 0.2) is 23.0 Å². The van der Waals surface area contributed by atoms with E-state index in [-0.39, 0.29) is 136 Å². The standard InChI is InChI=1S/C19H19NO19S4.4Na/c1-2-35-19(22)13-5-11-7-16(38-42(29,30)31)17(39-43(32,33)34)8-12(11)9-20(13)18(21)10-3-4-14(36-40(23,24)25)15(6-10)37-41(26,27)28;;;;/h3-4,6-8,13H,2,5,9H2,1H3,(H,23,24,25)(H,26,27,28)(H,29,30,31)(H,32,33,34);;;;/q;4*+1/p-4/t13-;;;;/m0..../s1. The maximum Gasteiger partial charge on any atom is 1.00 e. The first-order valence-electron chi connectivity index (χ1n) is 10.9. The number of nitrogens with zero attached hydrogens (tertiary/aromatic N) is 1. The molecule has 28 heteroatoms. The smallest absolute Gasteiger partial charge is 0.716 e. The molecule has 0 aromatic heterocycles. The summed E-state index contributed by atoms with van der Waals surface area (Å²) in [7, 11) is -22.3. The van der Waals surface area contributed by atoms with Crippen LogP contribution in [0.1, 0.15) is 28.4 Å². The van der Waals surface area contributed by atoms with E-state index in [9.17, 15) is 61.5 Å². The Morgan fingerprint density at radius 1 is 0.681 bits per heavy atom.